The van der Waals surface area contributed by atoms with Crippen LogP contribution in [0.15, 0.2) is 0 Å². The molecule has 3 aliphatic rings. The molecular weight excluding hydrogens is 184 g/mol. The molecule has 0 aromatic heterocycles. The monoisotopic (exact) mass is 206 g/mol. The number of carbonyl (C=O) groups excluding carboxylic acids is 1. The van der Waals surface area contributed by atoms with E-state index >= 15 is 0 Å². The lowest BCUT2D eigenvalue weighted by atomic mass is 9.62. The average Bonchev–Trinajstić information content (AvgIpc) is 2.51. The normalized spacial score (nSPS) is 39.3. The largest absolute Gasteiger partial charge is 0.299 e. The first-order chi connectivity index (χ1) is 7.33. The zero-order valence-corrected chi connectivity index (χ0v) is 9.63. The van der Waals surface area contributed by atoms with Gasteiger partial charge in [0.25, 0.3) is 0 Å². The summed E-state index contributed by atoms with van der Waals surface area (Å²) in [6.07, 6.45) is 12.9. The van der Waals surface area contributed by atoms with Gasteiger partial charge in [0, 0.05) is 12.3 Å². The maximum absolute atomic E-state index is 12.1. The smallest absolute Gasteiger partial charge is 0.136 e. The van der Waals surface area contributed by atoms with Crippen LogP contribution in [0, 0.1) is 17.3 Å². The third-order valence-corrected chi connectivity index (χ3v) is 5.46. The molecule has 3 saturated carbocycles. The summed E-state index contributed by atoms with van der Waals surface area (Å²) in [6, 6.07) is 0. The fourth-order valence-corrected chi connectivity index (χ4v) is 4.80. The second-order valence-corrected chi connectivity index (χ2v) is 5.98. The van der Waals surface area contributed by atoms with Crippen LogP contribution in [-0.2, 0) is 4.79 Å². The minimum absolute atomic E-state index is 0.477. The third-order valence-electron chi connectivity index (χ3n) is 5.46. The lowest BCUT2D eigenvalue weighted by Gasteiger charge is -2.42. The van der Waals surface area contributed by atoms with Gasteiger partial charge in [-0.1, -0.05) is 19.3 Å². The van der Waals surface area contributed by atoms with Crippen molar-refractivity contribution in [2.75, 3.05) is 0 Å². The first-order valence-corrected chi connectivity index (χ1v) is 6.86. The summed E-state index contributed by atoms with van der Waals surface area (Å²) in [6.45, 7) is 0. The van der Waals surface area contributed by atoms with Crippen molar-refractivity contribution in [3.05, 3.63) is 0 Å². The van der Waals surface area contributed by atoms with Gasteiger partial charge in [0.2, 0.25) is 0 Å². The van der Waals surface area contributed by atoms with Crippen LogP contribution in [0.3, 0.4) is 0 Å². The van der Waals surface area contributed by atoms with E-state index in [4.69, 9.17) is 0 Å². The van der Waals surface area contributed by atoms with Crippen molar-refractivity contribution in [1.29, 1.82) is 0 Å². The first kappa shape index (κ1) is 9.86. The van der Waals surface area contributed by atoms with Crippen molar-refractivity contribution in [1.82, 2.24) is 0 Å². The lowest BCUT2D eigenvalue weighted by molar-refractivity contribution is -0.126. The van der Waals surface area contributed by atoms with E-state index in [1.807, 2.05) is 0 Å². The SMILES string of the molecule is O=C1CCC[C@H]2CC[C@H]1C21CCCCC1. The Balaban J connectivity index is 1.94. The first-order valence-electron chi connectivity index (χ1n) is 6.86. The van der Waals surface area contributed by atoms with Crippen molar-refractivity contribution >= 4 is 5.78 Å². The predicted molar refractivity (Wildman–Crippen MR) is 60.6 cm³/mol. The Labute approximate surface area is 92.6 Å². The molecule has 0 radical (unpaired) electrons. The van der Waals surface area contributed by atoms with Crippen LogP contribution in [0.25, 0.3) is 0 Å². The topological polar surface area (TPSA) is 17.1 Å². The van der Waals surface area contributed by atoms with Crippen LogP contribution < -0.4 is 0 Å². The predicted octanol–water partition coefficient (Wildman–Crippen LogP) is 3.72. The molecule has 0 aromatic rings. The van der Waals surface area contributed by atoms with Gasteiger partial charge in [-0.15, -0.1) is 0 Å². The quantitative estimate of drug-likeness (QED) is 0.590. The molecule has 0 unspecified atom stereocenters. The minimum atomic E-state index is 0.477. The van der Waals surface area contributed by atoms with Gasteiger partial charge in [-0.2, -0.15) is 0 Å². The Bertz CT molecular complexity index is 263. The van der Waals surface area contributed by atoms with Crippen LogP contribution in [0.5, 0.6) is 0 Å². The fourth-order valence-electron chi connectivity index (χ4n) is 4.80. The number of hydrogen-bond donors (Lipinski definition) is 0. The molecule has 0 amide bonds. The van der Waals surface area contributed by atoms with E-state index in [-0.39, 0.29) is 0 Å². The molecule has 1 heteroatoms. The van der Waals surface area contributed by atoms with Crippen LogP contribution >= 0.6 is 0 Å². The van der Waals surface area contributed by atoms with Crippen molar-refractivity contribution in [2.45, 2.75) is 64.2 Å². The molecule has 84 valence electrons. The molecule has 3 rings (SSSR count). The summed E-state index contributed by atoms with van der Waals surface area (Å²) < 4.78 is 0. The van der Waals surface area contributed by atoms with Crippen LogP contribution in [0.2, 0.25) is 0 Å². The van der Waals surface area contributed by atoms with Crippen LogP contribution in [0.4, 0.5) is 0 Å². The van der Waals surface area contributed by atoms with Crippen LogP contribution in [-0.4, -0.2) is 5.78 Å². The number of rotatable bonds is 0. The molecule has 15 heavy (non-hydrogen) atoms. The van der Waals surface area contributed by atoms with E-state index < -0.39 is 0 Å². The molecule has 0 saturated heterocycles. The number of ketones is 1. The van der Waals surface area contributed by atoms with E-state index in [1.54, 1.807) is 0 Å². The highest BCUT2D eigenvalue weighted by Gasteiger charge is 2.53. The van der Waals surface area contributed by atoms with Crippen LogP contribution in [0.1, 0.15) is 64.2 Å². The second kappa shape index (κ2) is 3.61. The minimum Gasteiger partial charge on any atom is -0.299 e. The molecule has 2 bridgehead atoms. The van der Waals surface area contributed by atoms with E-state index in [9.17, 15) is 4.79 Å². The van der Waals surface area contributed by atoms with E-state index in [2.05, 4.69) is 0 Å². The van der Waals surface area contributed by atoms with E-state index in [0.717, 1.165) is 12.3 Å². The lowest BCUT2D eigenvalue weighted by Crippen LogP contribution is -2.36. The summed E-state index contributed by atoms with van der Waals surface area (Å²) in [4.78, 5) is 12.1. The molecule has 0 N–H and O–H groups in total. The third kappa shape index (κ3) is 1.38. The Kier molecular flexibility index (Phi) is 2.37. The summed E-state index contributed by atoms with van der Waals surface area (Å²) in [5.74, 6) is 2.01. The zero-order chi connectivity index (χ0) is 10.3. The van der Waals surface area contributed by atoms with Crippen molar-refractivity contribution in [3.8, 4) is 0 Å². The van der Waals surface area contributed by atoms with E-state index in [0.29, 0.717) is 17.1 Å². The summed E-state index contributed by atoms with van der Waals surface area (Å²) >= 11 is 0. The fraction of sp³-hybridized carbons (Fsp3) is 0.929. The molecule has 1 nitrogen and oxygen atoms in total. The van der Waals surface area contributed by atoms with E-state index in [1.165, 1.54) is 57.8 Å². The molecule has 3 aliphatic carbocycles. The van der Waals surface area contributed by atoms with Crippen molar-refractivity contribution in [2.24, 2.45) is 17.3 Å². The summed E-state index contributed by atoms with van der Waals surface area (Å²) in [5.41, 5.74) is 0.492. The van der Waals surface area contributed by atoms with Crippen molar-refractivity contribution < 1.29 is 4.79 Å². The van der Waals surface area contributed by atoms with Gasteiger partial charge in [0.05, 0.1) is 0 Å². The van der Waals surface area contributed by atoms with Gasteiger partial charge >= 0.3 is 0 Å². The van der Waals surface area contributed by atoms with Gasteiger partial charge in [0.1, 0.15) is 5.78 Å². The Hall–Kier alpha value is -0.330. The van der Waals surface area contributed by atoms with Gasteiger partial charge in [0.15, 0.2) is 0 Å². The molecule has 2 atom stereocenters. The standard InChI is InChI=1S/C14H22O/c15-13-6-4-5-11-7-8-12(13)14(11)9-2-1-3-10-14/h11-12H,1-10H2/t11-,12+/m0/s1. The Morgan fingerprint density at radius 1 is 0.933 bits per heavy atom. The second-order valence-electron chi connectivity index (χ2n) is 5.98. The maximum atomic E-state index is 12.1. The number of hydrogen-bond acceptors (Lipinski definition) is 1. The molecule has 0 aliphatic heterocycles. The molecular formula is C14H22O. The molecule has 0 aromatic carbocycles. The highest BCUT2D eigenvalue weighted by molar-refractivity contribution is 5.82. The number of carbonyl (C=O) groups is 1. The summed E-state index contributed by atoms with van der Waals surface area (Å²) in [5, 5.41) is 0. The number of Topliss-reactive ketones (excluding diaryl/α,β-unsaturated/α-hetero) is 1. The highest BCUT2D eigenvalue weighted by Crippen LogP contribution is 2.59. The summed E-state index contributed by atoms with van der Waals surface area (Å²) in [7, 11) is 0. The van der Waals surface area contributed by atoms with Gasteiger partial charge in [-0.25, -0.2) is 0 Å². The molecule has 0 heterocycles. The van der Waals surface area contributed by atoms with Gasteiger partial charge in [-0.05, 0) is 49.9 Å². The molecule has 1 spiro atoms. The highest BCUT2D eigenvalue weighted by atomic mass is 16.1. The van der Waals surface area contributed by atoms with Gasteiger partial charge in [-0.3, -0.25) is 4.79 Å². The average molecular weight is 206 g/mol. The van der Waals surface area contributed by atoms with Crippen molar-refractivity contribution in [3.63, 3.8) is 0 Å². The Morgan fingerprint density at radius 3 is 2.53 bits per heavy atom. The maximum Gasteiger partial charge on any atom is 0.136 e. The van der Waals surface area contributed by atoms with Gasteiger partial charge < -0.3 is 0 Å². The Morgan fingerprint density at radius 2 is 1.73 bits per heavy atom. The molecule has 3 fully saturated rings. The zero-order valence-electron chi connectivity index (χ0n) is 9.63.